The number of aryl methyl sites for hydroxylation is 1. The molecule has 5 nitrogen and oxygen atoms in total. The second kappa shape index (κ2) is 8.00. The van der Waals surface area contributed by atoms with Crippen LogP contribution >= 0.6 is 0 Å². The van der Waals surface area contributed by atoms with Gasteiger partial charge in [0, 0.05) is 17.3 Å². The topological polar surface area (TPSA) is 56.1 Å². The Morgan fingerprint density at radius 2 is 2.00 bits per heavy atom. The predicted octanol–water partition coefficient (Wildman–Crippen LogP) is 4.96. The number of aromatic nitrogens is 2. The van der Waals surface area contributed by atoms with Gasteiger partial charge in [0.25, 0.3) is 0 Å². The summed E-state index contributed by atoms with van der Waals surface area (Å²) in [7, 11) is 0. The minimum atomic E-state index is -4.54. The minimum Gasteiger partial charge on any atom is -0.435 e. The maximum Gasteiger partial charge on any atom is 0.435 e. The van der Waals surface area contributed by atoms with Gasteiger partial charge in [-0.15, -0.1) is 0 Å². The molecule has 1 heterocycles. The van der Waals surface area contributed by atoms with Crippen LogP contribution in [-0.4, -0.2) is 22.3 Å². The molecule has 3 rings (SSSR count). The SMILES string of the molecule is Cc1cc(OC(F)F)ccc1NC(=O)C(C)Cn1nc(C(F)(F)F)cc1C1CC1. The average molecular weight is 417 g/mol. The number of amides is 1. The van der Waals surface area contributed by atoms with E-state index in [1.165, 1.54) is 22.9 Å². The predicted molar refractivity (Wildman–Crippen MR) is 94.8 cm³/mol. The van der Waals surface area contributed by atoms with E-state index in [2.05, 4.69) is 15.2 Å². The van der Waals surface area contributed by atoms with Crippen molar-refractivity contribution in [2.75, 3.05) is 5.32 Å². The van der Waals surface area contributed by atoms with Gasteiger partial charge in [0.1, 0.15) is 5.75 Å². The van der Waals surface area contributed by atoms with Gasteiger partial charge in [-0.05, 0) is 49.6 Å². The lowest BCUT2D eigenvalue weighted by Crippen LogP contribution is -2.26. The van der Waals surface area contributed by atoms with Gasteiger partial charge in [0.2, 0.25) is 5.91 Å². The second-order valence-corrected chi connectivity index (χ2v) is 7.15. The van der Waals surface area contributed by atoms with Crippen LogP contribution in [-0.2, 0) is 17.5 Å². The quantitative estimate of drug-likeness (QED) is 0.648. The normalized spacial score (nSPS) is 15.4. The zero-order valence-corrected chi connectivity index (χ0v) is 15.8. The van der Waals surface area contributed by atoms with E-state index in [9.17, 15) is 26.7 Å². The fraction of sp³-hybridized carbons (Fsp3) is 0.474. The Hall–Kier alpha value is -2.65. The summed E-state index contributed by atoms with van der Waals surface area (Å²) in [4.78, 5) is 12.5. The smallest absolute Gasteiger partial charge is 0.435 e. The van der Waals surface area contributed by atoms with Crippen molar-refractivity contribution < 1.29 is 31.5 Å². The number of nitrogens with zero attached hydrogens (tertiary/aromatic N) is 2. The Kier molecular flexibility index (Phi) is 5.81. The maximum absolute atomic E-state index is 13.0. The van der Waals surface area contributed by atoms with Crippen molar-refractivity contribution in [3.8, 4) is 5.75 Å². The molecule has 1 aliphatic carbocycles. The first kappa shape index (κ1) is 21.1. The van der Waals surface area contributed by atoms with Gasteiger partial charge in [-0.2, -0.15) is 27.1 Å². The molecular formula is C19H20F5N3O2. The fourth-order valence-electron chi connectivity index (χ4n) is 2.97. The number of rotatable bonds is 7. The zero-order valence-electron chi connectivity index (χ0n) is 15.8. The third kappa shape index (κ3) is 5.24. The number of ether oxygens (including phenoxy) is 1. The lowest BCUT2D eigenvalue weighted by molar-refractivity contribution is -0.141. The molecule has 10 heteroatoms. The largest absolute Gasteiger partial charge is 0.435 e. The number of alkyl halides is 5. The Labute approximate surface area is 163 Å². The van der Waals surface area contributed by atoms with Crippen LogP contribution in [0.1, 0.15) is 42.6 Å². The summed E-state index contributed by atoms with van der Waals surface area (Å²) in [6.45, 7) is 0.253. The van der Waals surface area contributed by atoms with Crippen molar-refractivity contribution in [2.45, 2.75) is 51.9 Å². The number of carbonyl (C=O) groups is 1. The van der Waals surface area contributed by atoms with Crippen LogP contribution in [0.25, 0.3) is 0 Å². The van der Waals surface area contributed by atoms with Crippen LogP contribution in [0.2, 0.25) is 0 Å². The lowest BCUT2D eigenvalue weighted by atomic mass is 10.1. The number of hydrogen-bond acceptors (Lipinski definition) is 3. The number of halogens is 5. The Morgan fingerprint density at radius 3 is 2.55 bits per heavy atom. The van der Waals surface area contributed by atoms with Crippen LogP contribution in [0.15, 0.2) is 24.3 Å². The highest BCUT2D eigenvalue weighted by Crippen LogP contribution is 2.42. The second-order valence-electron chi connectivity index (χ2n) is 7.15. The summed E-state index contributed by atoms with van der Waals surface area (Å²) in [5.74, 6) is -1.07. The molecule has 0 bridgehead atoms. The van der Waals surface area contributed by atoms with Crippen molar-refractivity contribution in [3.05, 3.63) is 41.2 Å². The number of hydrogen-bond donors (Lipinski definition) is 1. The van der Waals surface area contributed by atoms with E-state index >= 15 is 0 Å². The van der Waals surface area contributed by atoms with E-state index in [0.717, 1.165) is 18.9 Å². The third-order valence-corrected chi connectivity index (χ3v) is 4.67. The van der Waals surface area contributed by atoms with Crippen LogP contribution < -0.4 is 10.1 Å². The molecule has 1 saturated carbocycles. The first-order valence-corrected chi connectivity index (χ1v) is 9.06. The highest BCUT2D eigenvalue weighted by molar-refractivity contribution is 5.93. The van der Waals surface area contributed by atoms with Crippen LogP contribution in [0.3, 0.4) is 0 Å². The number of benzene rings is 1. The number of carbonyl (C=O) groups excluding carboxylic acids is 1. The van der Waals surface area contributed by atoms with Gasteiger partial charge < -0.3 is 10.1 Å². The Morgan fingerprint density at radius 1 is 1.31 bits per heavy atom. The maximum atomic E-state index is 13.0. The molecular weight excluding hydrogens is 397 g/mol. The van der Waals surface area contributed by atoms with Crippen LogP contribution in [0, 0.1) is 12.8 Å². The summed E-state index contributed by atoms with van der Waals surface area (Å²) < 4.78 is 69.1. The third-order valence-electron chi connectivity index (χ3n) is 4.67. The van der Waals surface area contributed by atoms with Gasteiger partial charge in [0.05, 0.1) is 12.5 Å². The molecule has 1 unspecified atom stereocenters. The molecule has 1 atom stereocenters. The summed E-state index contributed by atoms with van der Waals surface area (Å²) in [6.07, 6.45) is -2.94. The van der Waals surface area contributed by atoms with Crippen molar-refractivity contribution in [2.24, 2.45) is 5.92 Å². The fourth-order valence-corrected chi connectivity index (χ4v) is 2.97. The highest BCUT2D eigenvalue weighted by atomic mass is 19.4. The first-order chi connectivity index (χ1) is 13.5. The van der Waals surface area contributed by atoms with Crippen LogP contribution in [0.5, 0.6) is 5.75 Å². The van der Waals surface area contributed by atoms with Gasteiger partial charge in [0.15, 0.2) is 5.69 Å². The molecule has 1 fully saturated rings. The van der Waals surface area contributed by atoms with E-state index < -0.39 is 30.3 Å². The Bertz CT molecular complexity index is 890. The summed E-state index contributed by atoms with van der Waals surface area (Å²) in [5.41, 5.74) is 0.447. The molecule has 1 amide bonds. The number of anilines is 1. The molecule has 1 aromatic heterocycles. The average Bonchev–Trinajstić information content (AvgIpc) is 3.36. The summed E-state index contributed by atoms with van der Waals surface area (Å²) in [5, 5.41) is 6.32. The van der Waals surface area contributed by atoms with Gasteiger partial charge in [-0.25, -0.2) is 0 Å². The van der Waals surface area contributed by atoms with E-state index in [4.69, 9.17) is 0 Å². The van der Waals surface area contributed by atoms with Crippen molar-refractivity contribution in [3.63, 3.8) is 0 Å². The van der Waals surface area contributed by atoms with Crippen molar-refractivity contribution in [1.82, 2.24) is 9.78 Å². The Balaban J connectivity index is 1.69. The lowest BCUT2D eigenvalue weighted by Gasteiger charge is -2.16. The summed E-state index contributed by atoms with van der Waals surface area (Å²) >= 11 is 0. The van der Waals surface area contributed by atoms with E-state index in [1.807, 2.05) is 0 Å². The van der Waals surface area contributed by atoms with Crippen molar-refractivity contribution in [1.29, 1.82) is 0 Å². The number of nitrogens with one attached hydrogen (secondary N) is 1. The molecule has 2 aromatic rings. The molecule has 158 valence electrons. The van der Waals surface area contributed by atoms with Gasteiger partial charge in [-0.3, -0.25) is 9.48 Å². The summed E-state index contributed by atoms with van der Waals surface area (Å²) in [6, 6.07) is 5.14. The minimum absolute atomic E-state index is 0.000624. The molecule has 0 radical (unpaired) electrons. The molecule has 0 spiro atoms. The van der Waals surface area contributed by atoms with Gasteiger partial charge >= 0.3 is 12.8 Å². The zero-order chi connectivity index (χ0) is 21.3. The first-order valence-electron chi connectivity index (χ1n) is 9.06. The monoisotopic (exact) mass is 417 g/mol. The van der Waals surface area contributed by atoms with Crippen LogP contribution in [0.4, 0.5) is 27.6 Å². The standard InChI is InChI=1S/C19H20F5N3O2/c1-10-7-13(29-18(20)21)5-6-14(10)25-17(28)11(2)9-27-15(12-3-4-12)8-16(26-27)19(22,23)24/h5-8,11-12,18H,3-4,9H2,1-2H3,(H,25,28). The molecule has 1 aromatic carbocycles. The molecule has 1 N–H and O–H groups in total. The molecule has 29 heavy (non-hydrogen) atoms. The van der Waals surface area contributed by atoms with E-state index in [-0.39, 0.29) is 18.2 Å². The van der Waals surface area contributed by atoms with E-state index in [0.29, 0.717) is 16.9 Å². The van der Waals surface area contributed by atoms with E-state index in [1.54, 1.807) is 13.8 Å². The molecule has 1 aliphatic rings. The molecule has 0 aliphatic heterocycles. The van der Waals surface area contributed by atoms with Crippen molar-refractivity contribution >= 4 is 11.6 Å². The molecule has 0 saturated heterocycles. The highest BCUT2D eigenvalue weighted by Gasteiger charge is 2.38. The van der Waals surface area contributed by atoms with Gasteiger partial charge in [-0.1, -0.05) is 6.92 Å².